The molecule has 0 amide bonds. The zero-order valence-corrected chi connectivity index (χ0v) is 6.92. The Balaban J connectivity index is 2.96. The molecule has 0 aliphatic rings. The fourth-order valence-corrected chi connectivity index (χ4v) is 1.00. The molecule has 12 heavy (non-hydrogen) atoms. The van der Waals surface area contributed by atoms with Crippen molar-refractivity contribution in [3.05, 3.63) is 35.1 Å². The highest BCUT2D eigenvalue weighted by Gasteiger charge is 2.05. The predicted molar refractivity (Wildman–Crippen MR) is 45.2 cm³/mol. The largest absolute Gasteiger partial charge is 0.394 e. The summed E-state index contributed by atoms with van der Waals surface area (Å²) >= 11 is 0. The van der Waals surface area contributed by atoms with Gasteiger partial charge in [-0.15, -0.1) is 0 Å². The number of rotatable bonds is 2. The normalized spacial score (nSPS) is 13.0. The molecular formula is C9H12FNO. The smallest absolute Gasteiger partial charge is 0.126 e. The number of aryl methyl sites for hydroxylation is 1. The Kier molecular flexibility index (Phi) is 2.78. The summed E-state index contributed by atoms with van der Waals surface area (Å²) in [7, 11) is 0. The van der Waals surface area contributed by atoms with Crippen LogP contribution in [-0.2, 0) is 0 Å². The molecule has 1 rings (SSSR count). The van der Waals surface area contributed by atoms with Crippen molar-refractivity contribution in [2.75, 3.05) is 6.61 Å². The Morgan fingerprint density at radius 1 is 1.58 bits per heavy atom. The van der Waals surface area contributed by atoms with Crippen molar-refractivity contribution in [1.29, 1.82) is 0 Å². The molecule has 66 valence electrons. The lowest BCUT2D eigenvalue weighted by atomic mass is 10.1. The Bertz CT molecular complexity index is 275. The summed E-state index contributed by atoms with van der Waals surface area (Å²) in [6, 6.07) is 4.18. The van der Waals surface area contributed by atoms with E-state index in [1.807, 2.05) is 0 Å². The van der Waals surface area contributed by atoms with Crippen LogP contribution in [0.25, 0.3) is 0 Å². The lowest BCUT2D eigenvalue weighted by Gasteiger charge is -2.08. The number of nitrogens with two attached hydrogens (primary N) is 1. The van der Waals surface area contributed by atoms with Crippen LogP contribution in [-0.4, -0.2) is 11.7 Å². The number of halogens is 1. The van der Waals surface area contributed by atoms with Crippen molar-refractivity contribution in [2.45, 2.75) is 13.0 Å². The minimum Gasteiger partial charge on any atom is -0.394 e. The molecular weight excluding hydrogens is 157 g/mol. The van der Waals surface area contributed by atoms with E-state index in [4.69, 9.17) is 10.8 Å². The quantitative estimate of drug-likeness (QED) is 0.697. The highest BCUT2D eigenvalue weighted by atomic mass is 19.1. The molecule has 0 fully saturated rings. The monoisotopic (exact) mass is 169 g/mol. The lowest BCUT2D eigenvalue weighted by Crippen LogP contribution is -2.14. The third-order valence-corrected chi connectivity index (χ3v) is 1.81. The van der Waals surface area contributed by atoms with Crippen molar-refractivity contribution >= 4 is 0 Å². The van der Waals surface area contributed by atoms with Gasteiger partial charge in [0, 0.05) is 0 Å². The van der Waals surface area contributed by atoms with Crippen molar-refractivity contribution in [3.63, 3.8) is 0 Å². The van der Waals surface area contributed by atoms with Crippen LogP contribution in [0.5, 0.6) is 0 Å². The average molecular weight is 169 g/mol. The van der Waals surface area contributed by atoms with E-state index in [1.54, 1.807) is 19.1 Å². The van der Waals surface area contributed by atoms with Gasteiger partial charge >= 0.3 is 0 Å². The molecule has 0 aromatic heterocycles. The molecule has 0 bridgehead atoms. The van der Waals surface area contributed by atoms with Gasteiger partial charge in [0.15, 0.2) is 0 Å². The molecule has 1 atom stereocenters. The van der Waals surface area contributed by atoms with Crippen LogP contribution >= 0.6 is 0 Å². The summed E-state index contributed by atoms with van der Waals surface area (Å²) in [4.78, 5) is 0. The van der Waals surface area contributed by atoms with Crippen molar-refractivity contribution in [2.24, 2.45) is 5.73 Å². The first-order chi connectivity index (χ1) is 5.65. The van der Waals surface area contributed by atoms with Crippen molar-refractivity contribution in [1.82, 2.24) is 0 Å². The summed E-state index contributed by atoms with van der Waals surface area (Å²) in [6.45, 7) is 1.55. The molecule has 2 nitrogen and oxygen atoms in total. The first-order valence-corrected chi connectivity index (χ1v) is 3.77. The van der Waals surface area contributed by atoms with E-state index in [2.05, 4.69) is 0 Å². The van der Waals surface area contributed by atoms with E-state index in [1.165, 1.54) is 6.07 Å². The maximum atomic E-state index is 12.8. The highest BCUT2D eigenvalue weighted by molar-refractivity contribution is 5.26. The second kappa shape index (κ2) is 3.65. The van der Waals surface area contributed by atoms with Gasteiger partial charge in [-0.3, -0.25) is 0 Å². The third kappa shape index (κ3) is 1.81. The summed E-state index contributed by atoms with van der Waals surface area (Å²) in [5, 5.41) is 8.73. The number of aliphatic hydroxyl groups excluding tert-OH is 1. The van der Waals surface area contributed by atoms with Gasteiger partial charge in [0.05, 0.1) is 12.6 Å². The molecule has 0 heterocycles. The van der Waals surface area contributed by atoms with E-state index in [0.29, 0.717) is 5.56 Å². The summed E-state index contributed by atoms with van der Waals surface area (Å²) in [5.41, 5.74) is 6.85. The zero-order valence-electron chi connectivity index (χ0n) is 6.92. The number of hydrogen-bond donors (Lipinski definition) is 2. The van der Waals surface area contributed by atoms with Crippen LogP contribution in [0.15, 0.2) is 18.2 Å². The van der Waals surface area contributed by atoms with E-state index in [-0.39, 0.29) is 12.4 Å². The van der Waals surface area contributed by atoms with Gasteiger partial charge < -0.3 is 10.8 Å². The van der Waals surface area contributed by atoms with Gasteiger partial charge in [0.1, 0.15) is 5.82 Å². The van der Waals surface area contributed by atoms with E-state index >= 15 is 0 Å². The minimum atomic E-state index is -0.413. The fourth-order valence-electron chi connectivity index (χ4n) is 1.00. The number of hydrogen-bond acceptors (Lipinski definition) is 2. The molecule has 1 unspecified atom stereocenters. The molecule has 0 spiro atoms. The van der Waals surface area contributed by atoms with Crippen LogP contribution < -0.4 is 5.73 Å². The van der Waals surface area contributed by atoms with Gasteiger partial charge in [-0.25, -0.2) is 4.39 Å². The van der Waals surface area contributed by atoms with Gasteiger partial charge in [-0.2, -0.15) is 0 Å². The van der Waals surface area contributed by atoms with Crippen LogP contribution in [0.4, 0.5) is 4.39 Å². The van der Waals surface area contributed by atoms with Crippen LogP contribution in [0.3, 0.4) is 0 Å². The third-order valence-electron chi connectivity index (χ3n) is 1.81. The first kappa shape index (κ1) is 9.16. The molecule has 3 N–H and O–H groups in total. The second-order valence-electron chi connectivity index (χ2n) is 2.80. The van der Waals surface area contributed by atoms with Crippen LogP contribution in [0.1, 0.15) is 17.2 Å². The van der Waals surface area contributed by atoms with Gasteiger partial charge in [0.2, 0.25) is 0 Å². The topological polar surface area (TPSA) is 46.2 Å². The first-order valence-electron chi connectivity index (χ1n) is 3.77. The molecule has 0 saturated carbocycles. The molecule has 0 saturated heterocycles. The van der Waals surface area contributed by atoms with Crippen molar-refractivity contribution < 1.29 is 9.50 Å². The highest BCUT2D eigenvalue weighted by Crippen LogP contribution is 2.14. The molecule has 1 aromatic carbocycles. The predicted octanol–water partition coefficient (Wildman–Crippen LogP) is 1.13. The standard InChI is InChI=1S/C9H12FNO/c1-6-4-7(9(11)5-12)2-3-8(6)10/h2-4,9,12H,5,11H2,1H3. The summed E-state index contributed by atoms with van der Waals surface area (Å²) in [5.74, 6) is -0.246. The second-order valence-corrected chi connectivity index (χ2v) is 2.80. The summed E-state index contributed by atoms with van der Waals surface area (Å²) < 4.78 is 12.8. The molecule has 0 aliphatic carbocycles. The SMILES string of the molecule is Cc1cc(C(N)CO)ccc1F. The molecule has 3 heteroatoms. The Morgan fingerprint density at radius 3 is 2.75 bits per heavy atom. The lowest BCUT2D eigenvalue weighted by molar-refractivity contribution is 0.268. The molecule has 1 aromatic rings. The van der Waals surface area contributed by atoms with Gasteiger partial charge in [0.25, 0.3) is 0 Å². The maximum absolute atomic E-state index is 12.8. The zero-order chi connectivity index (χ0) is 9.14. The Hall–Kier alpha value is -0.930. The van der Waals surface area contributed by atoms with Crippen LogP contribution in [0, 0.1) is 12.7 Å². The van der Waals surface area contributed by atoms with Crippen LogP contribution in [0.2, 0.25) is 0 Å². The fraction of sp³-hybridized carbons (Fsp3) is 0.333. The van der Waals surface area contributed by atoms with E-state index in [9.17, 15) is 4.39 Å². The van der Waals surface area contributed by atoms with E-state index in [0.717, 1.165) is 5.56 Å². The van der Waals surface area contributed by atoms with Gasteiger partial charge in [-0.1, -0.05) is 12.1 Å². The number of benzene rings is 1. The Morgan fingerprint density at radius 2 is 2.25 bits per heavy atom. The van der Waals surface area contributed by atoms with Crippen molar-refractivity contribution in [3.8, 4) is 0 Å². The van der Waals surface area contributed by atoms with E-state index < -0.39 is 6.04 Å². The Labute approximate surface area is 70.8 Å². The molecule has 0 aliphatic heterocycles. The minimum absolute atomic E-state index is 0.120. The molecule has 0 radical (unpaired) electrons. The summed E-state index contributed by atoms with van der Waals surface area (Å²) in [6.07, 6.45) is 0. The average Bonchev–Trinajstić information content (AvgIpc) is 2.08. The van der Waals surface area contributed by atoms with Gasteiger partial charge in [-0.05, 0) is 24.1 Å². The maximum Gasteiger partial charge on any atom is 0.126 e. The number of aliphatic hydroxyl groups is 1.